The third-order valence-corrected chi connectivity index (χ3v) is 3.52. The number of amides is 1. The number of carbonyl (C=O) groups is 1. The average Bonchev–Trinajstić information content (AvgIpc) is 2.91. The molecule has 1 amide bonds. The summed E-state index contributed by atoms with van der Waals surface area (Å²) in [6.45, 7) is 0. The smallest absolute Gasteiger partial charge is 0.319 e. The first-order valence-electron chi connectivity index (χ1n) is 6.56. The van der Waals surface area contributed by atoms with E-state index in [1.165, 1.54) is 22.7 Å². The summed E-state index contributed by atoms with van der Waals surface area (Å²) in [6.07, 6.45) is -2.18. The van der Waals surface area contributed by atoms with Gasteiger partial charge in [0.15, 0.2) is 0 Å². The molecule has 0 saturated heterocycles. The van der Waals surface area contributed by atoms with E-state index in [2.05, 4.69) is 10.3 Å². The van der Waals surface area contributed by atoms with E-state index in [0.29, 0.717) is 5.65 Å². The van der Waals surface area contributed by atoms with E-state index in [-0.39, 0.29) is 16.4 Å². The molecule has 0 atom stereocenters. The molecule has 9 heteroatoms. The topological polar surface area (TPSA) is 46.4 Å². The number of nitrogens with one attached hydrogen (secondary N) is 1. The van der Waals surface area contributed by atoms with E-state index in [4.69, 9.17) is 11.6 Å². The van der Waals surface area contributed by atoms with Crippen LogP contribution in [0.25, 0.3) is 5.65 Å². The summed E-state index contributed by atoms with van der Waals surface area (Å²) in [7, 11) is 0. The Hall–Kier alpha value is -2.61. The van der Waals surface area contributed by atoms with Crippen molar-refractivity contribution in [3.05, 3.63) is 64.8 Å². The third kappa shape index (κ3) is 3.18. The van der Waals surface area contributed by atoms with E-state index in [1.807, 2.05) is 0 Å². The highest BCUT2D eigenvalue weighted by Gasteiger charge is 2.31. The molecule has 0 spiro atoms. The van der Waals surface area contributed by atoms with Gasteiger partial charge >= 0.3 is 6.18 Å². The summed E-state index contributed by atoms with van der Waals surface area (Å²) in [4.78, 5) is 16.1. The second kappa shape index (κ2) is 5.79. The number of hydrogen-bond donors (Lipinski definition) is 1. The van der Waals surface area contributed by atoms with Gasteiger partial charge in [0.05, 0.1) is 16.3 Å². The molecule has 0 aliphatic carbocycles. The Bertz CT molecular complexity index is 936. The van der Waals surface area contributed by atoms with Crippen molar-refractivity contribution < 1.29 is 22.4 Å². The van der Waals surface area contributed by atoms with E-state index < -0.39 is 23.5 Å². The van der Waals surface area contributed by atoms with Gasteiger partial charge in [-0.25, -0.2) is 9.37 Å². The normalized spacial score (nSPS) is 11.7. The van der Waals surface area contributed by atoms with Gasteiger partial charge in [-0.15, -0.1) is 0 Å². The Labute approximate surface area is 137 Å². The first-order valence-corrected chi connectivity index (χ1v) is 6.94. The quantitative estimate of drug-likeness (QED) is 0.691. The molecular formula is C15H8ClF4N3O. The minimum atomic E-state index is -4.56. The largest absolute Gasteiger partial charge is 0.416 e. The molecule has 0 unspecified atom stereocenters. The molecule has 0 aliphatic rings. The van der Waals surface area contributed by atoms with E-state index in [1.54, 1.807) is 0 Å². The van der Waals surface area contributed by atoms with Crippen molar-refractivity contribution in [1.29, 1.82) is 0 Å². The van der Waals surface area contributed by atoms with Crippen LogP contribution in [0.15, 0.2) is 42.7 Å². The van der Waals surface area contributed by atoms with Crippen LogP contribution >= 0.6 is 11.6 Å². The minimum Gasteiger partial charge on any atom is -0.319 e. The summed E-state index contributed by atoms with van der Waals surface area (Å²) >= 11 is 5.82. The molecule has 1 N–H and O–H groups in total. The highest BCUT2D eigenvalue weighted by molar-refractivity contribution is 6.33. The number of benzene rings is 1. The number of alkyl halides is 3. The maximum absolute atomic E-state index is 13.1. The maximum Gasteiger partial charge on any atom is 0.416 e. The number of imidazole rings is 1. The second-order valence-electron chi connectivity index (χ2n) is 4.89. The zero-order valence-corrected chi connectivity index (χ0v) is 12.5. The summed E-state index contributed by atoms with van der Waals surface area (Å²) in [5.74, 6) is -1.28. The van der Waals surface area contributed by atoms with Crippen molar-refractivity contribution in [2.75, 3.05) is 5.32 Å². The van der Waals surface area contributed by atoms with Crippen LogP contribution in [0.5, 0.6) is 0 Å². The van der Waals surface area contributed by atoms with Crippen molar-refractivity contribution in [2.24, 2.45) is 0 Å². The lowest BCUT2D eigenvalue weighted by Gasteiger charge is -2.10. The van der Waals surface area contributed by atoms with Crippen LogP contribution in [-0.2, 0) is 6.18 Å². The van der Waals surface area contributed by atoms with Crippen molar-refractivity contribution in [3.63, 3.8) is 0 Å². The number of pyridine rings is 1. The van der Waals surface area contributed by atoms with Gasteiger partial charge in [-0.3, -0.25) is 4.79 Å². The van der Waals surface area contributed by atoms with E-state index in [0.717, 1.165) is 24.4 Å². The highest BCUT2D eigenvalue weighted by atomic mass is 35.5. The SMILES string of the molecule is O=C(Nc1cc(C(F)(F)F)ccc1Cl)c1cn2cc(F)ccc2n1. The molecule has 4 nitrogen and oxygen atoms in total. The molecule has 0 radical (unpaired) electrons. The molecule has 0 saturated carbocycles. The predicted octanol–water partition coefficient (Wildman–Crippen LogP) is 4.40. The van der Waals surface area contributed by atoms with Crippen LogP contribution in [0, 0.1) is 5.82 Å². The van der Waals surface area contributed by atoms with Crippen molar-refractivity contribution in [1.82, 2.24) is 9.38 Å². The molecule has 0 fully saturated rings. The summed E-state index contributed by atoms with van der Waals surface area (Å²) in [5, 5.41) is 2.22. The highest BCUT2D eigenvalue weighted by Crippen LogP contribution is 2.33. The number of carbonyl (C=O) groups excluding carboxylic acids is 1. The number of rotatable bonds is 2. The Balaban J connectivity index is 1.91. The summed E-state index contributed by atoms with van der Waals surface area (Å²) < 4.78 is 52.6. The van der Waals surface area contributed by atoms with Gasteiger partial charge in [-0.1, -0.05) is 11.6 Å². The van der Waals surface area contributed by atoms with E-state index >= 15 is 0 Å². The van der Waals surface area contributed by atoms with Crippen molar-refractivity contribution in [3.8, 4) is 0 Å². The summed E-state index contributed by atoms with van der Waals surface area (Å²) in [5.41, 5.74) is -0.912. The monoisotopic (exact) mass is 357 g/mol. The number of nitrogens with zero attached hydrogens (tertiary/aromatic N) is 2. The third-order valence-electron chi connectivity index (χ3n) is 3.19. The Morgan fingerprint density at radius 2 is 1.92 bits per heavy atom. The summed E-state index contributed by atoms with van der Waals surface area (Å²) in [6, 6.07) is 5.12. The van der Waals surface area contributed by atoms with Gasteiger partial charge in [0.25, 0.3) is 5.91 Å². The Morgan fingerprint density at radius 1 is 1.17 bits per heavy atom. The average molecular weight is 358 g/mol. The fourth-order valence-electron chi connectivity index (χ4n) is 2.06. The van der Waals surface area contributed by atoms with Crippen LogP contribution in [0.4, 0.5) is 23.2 Å². The molecule has 2 heterocycles. The van der Waals surface area contributed by atoms with Crippen LogP contribution in [0.3, 0.4) is 0 Å². The lowest BCUT2D eigenvalue weighted by atomic mass is 10.2. The molecule has 124 valence electrons. The number of hydrogen-bond acceptors (Lipinski definition) is 2. The van der Waals surface area contributed by atoms with Gasteiger partial charge in [0.2, 0.25) is 0 Å². The second-order valence-corrected chi connectivity index (χ2v) is 5.29. The number of halogens is 5. The molecular weight excluding hydrogens is 350 g/mol. The first-order chi connectivity index (χ1) is 11.2. The van der Waals surface area contributed by atoms with Crippen molar-refractivity contribution in [2.45, 2.75) is 6.18 Å². The fourth-order valence-corrected chi connectivity index (χ4v) is 2.22. The Morgan fingerprint density at radius 3 is 2.62 bits per heavy atom. The van der Waals surface area contributed by atoms with E-state index in [9.17, 15) is 22.4 Å². The Kier molecular flexibility index (Phi) is 3.92. The first kappa shape index (κ1) is 16.3. The lowest BCUT2D eigenvalue weighted by Crippen LogP contribution is -2.14. The molecule has 0 bridgehead atoms. The van der Waals surface area contributed by atoms with Crippen LogP contribution < -0.4 is 5.32 Å². The number of fused-ring (bicyclic) bond motifs is 1. The van der Waals surface area contributed by atoms with Gasteiger partial charge in [-0.05, 0) is 30.3 Å². The fraction of sp³-hybridized carbons (Fsp3) is 0.0667. The molecule has 1 aromatic carbocycles. The van der Waals surface area contributed by atoms with Crippen molar-refractivity contribution >= 4 is 28.8 Å². The van der Waals surface area contributed by atoms with Crippen LogP contribution in [0.1, 0.15) is 16.1 Å². The number of anilines is 1. The molecule has 0 aliphatic heterocycles. The maximum atomic E-state index is 13.1. The molecule has 3 rings (SSSR count). The zero-order chi connectivity index (χ0) is 17.5. The standard InChI is InChI=1S/C15H8ClF4N3O/c16-10-3-1-8(15(18,19)20)5-11(10)22-14(24)12-7-23-6-9(17)2-4-13(23)21-12/h1-7H,(H,22,24). The lowest BCUT2D eigenvalue weighted by molar-refractivity contribution is -0.137. The predicted molar refractivity (Wildman–Crippen MR) is 79.6 cm³/mol. The van der Waals surface area contributed by atoms with Gasteiger partial charge < -0.3 is 9.72 Å². The minimum absolute atomic E-state index is 0.0499. The zero-order valence-electron chi connectivity index (χ0n) is 11.7. The number of aromatic nitrogens is 2. The van der Waals surface area contributed by atoms with Crippen LogP contribution in [-0.4, -0.2) is 15.3 Å². The van der Waals surface area contributed by atoms with Gasteiger partial charge in [0.1, 0.15) is 17.2 Å². The molecule has 24 heavy (non-hydrogen) atoms. The molecule has 3 aromatic rings. The van der Waals surface area contributed by atoms with Gasteiger partial charge in [0, 0.05) is 12.4 Å². The molecule has 2 aromatic heterocycles. The van der Waals surface area contributed by atoms with Gasteiger partial charge in [-0.2, -0.15) is 13.2 Å². The van der Waals surface area contributed by atoms with Crippen LogP contribution in [0.2, 0.25) is 5.02 Å².